The maximum atomic E-state index is 6.08. The lowest BCUT2D eigenvalue weighted by Gasteiger charge is -2.16. The second-order valence-corrected chi connectivity index (χ2v) is 5.14. The van der Waals surface area contributed by atoms with Gasteiger partial charge in [0.25, 0.3) is 0 Å². The molecule has 1 fully saturated rings. The van der Waals surface area contributed by atoms with Crippen LogP contribution >= 0.6 is 0 Å². The van der Waals surface area contributed by atoms with Crippen molar-refractivity contribution in [3.63, 3.8) is 0 Å². The quantitative estimate of drug-likeness (QED) is 0.796. The van der Waals surface area contributed by atoms with E-state index in [0.717, 1.165) is 12.3 Å². The molecule has 2 rings (SSSR count). The molecule has 0 saturated heterocycles. The molecule has 0 radical (unpaired) electrons. The molecule has 90 valence electrons. The molecular formula is C13H23N3. The molecule has 2 N–H and O–H groups in total. The van der Waals surface area contributed by atoms with Gasteiger partial charge in [-0.25, -0.2) is 4.98 Å². The van der Waals surface area contributed by atoms with Crippen LogP contribution in [0.1, 0.15) is 44.3 Å². The zero-order chi connectivity index (χ0) is 11.4. The fourth-order valence-corrected chi connectivity index (χ4v) is 2.74. The highest BCUT2D eigenvalue weighted by molar-refractivity contribution is 4.91. The molecule has 3 heteroatoms. The summed E-state index contributed by atoms with van der Waals surface area (Å²) in [6, 6.07) is 0.439. The van der Waals surface area contributed by atoms with Crippen LogP contribution < -0.4 is 5.73 Å². The number of hydrogen-bond donors (Lipinski definition) is 1. The normalized spacial score (nSPS) is 26.6. The molecule has 0 amide bonds. The summed E-state index contributed by atoms with van der Waals surface area (Å²) in [5, 5.41) is 0. The monoisotopic (exact) mass is 221 g/mol. The Morgan fingerprint density at radius 2 is 2.25 bits per heavy atom. The molecule has 1 heterocycles. The number of nitrogens with two attached hydrogens (primary N) is 1. The summed E-state index contributed by atoms with van der Waals surface area (Å²) >= 11 is 0. The van der Waals surface area contributed by atoms with E-state index in [0.29, 0.717) is 6.04 Å². The molecule has 0 spiro atoms. The van der Waals surface area contributed by atoms with Gasteiger partial charge in [0.1, 0.15) is 5.82 Å². The third-order valence-corrected chi connectivity index (χ3v) is 3.77. The first kappa shape index (κ1) is 11.6. The minimum atomic E-state index is 0.439. The molecular weight excluding hydrogens is 198 g/mol. The van der Waals surface area contributed by atoms with Crippen molar-refractivity contribution in [2.24, 2.45) is 18.7 Å². The van der Waals surface area contributed by atoms with Crippen LogP contribution in [0.25, 0.3) is 0 Å². The second-order valence-electron chi connectivity index (χ2n) is 5.14. The standard InChI is InChI=1S/C13H23N3/c1-16-9-8-15-13(16)7-6-11-4-2-3-5-12(14)10-11/h8-9,11-12H,2-7,10,14H2,1H3. The van der Waals surface area contributed by atoms with Crippen LogP contribution in [0.4, 0.5) is 0 Å². The Labute approximate surface area is 98.1 Å². The van der Waals surface area contributed by atoms with Gasteiger partial charge in [0, 0.05) is 31.9 Å². The first-order valence-electron chi connectivity index (χ1n) is 6.47. The van der Waals surface area contributed by atoms with Crippen molar-refractivity contribution in [2.75, 3.05) is 0 Å². The number of aryl methyl sites for hydroxylation is 2. The van der Waals surface area contributed by atoms with Crippen LogP contribution in [0.3, 0.4) is 0 Å². The summed E-state index contributed by atoms with van der Waals surface area (Å²) in [6.07, 6.45) is 12.7. The third kappa shape index (κ3) is 3.08. The molecule has 1 aliphatic rings. The first-order chi connectivity index (χ1) is 7.75. The Hall–Kier alpha value is -0.830. The van der Waals surface area contributed by atoms with Gasteiger partial charge in [0.05, 0.1) is 0 Å². The highest BCUT2D eigenvalue weighted by Crippen LogP contribution is 2.25. The molecule has 1 aromatic rings. The smallest absolute Gasteiger partial charge is 0.108 e. The topological polar surface area (TPSA) is 43.8 Å². The van der Waals surface area contributed by atoms with Crippen LogP contribution in [0.2, 0.25) is 0 Å². The van der Waals surface area contributed by atoms with E-state index in [-0.39, 0.29) is 0 Å². The van der Waals surface area contributed by atoms with E-state index in [1.54, 1.807) is 0 Å². The number of rotatable bonds is 3. The highest BCUT2D eigenvalue weighted by atomic mass is 15.0. The van der Waals surface area contributed by atoms with Crippen LogP contribution in [0.15, 0.2) is 12.4 Å². The molecule has 1 aliphatic carbocycles. The van der Waals surface area contributed by atoms with Gasteiger partial charge in [0.2, 0.25) is 0 Å². The average Bonchev–Trinajstić information content (AvgIpc) is 2.54. The van der Waals surface area contributed by atoms with Gasteiger partial charge in [-0.05, 0) is 25.2 Å². The van der Waals surface area contributed by atoms with Gasteiger partial charge >= 0.3 is 0 Å². The Kier molecular flexibility index (Phi) is 3.99. The summed E-state index contributed by atoms with van der Waals surface area (Å²) in [6.45, 7) is 0. The lowest BCUT2D eigenvalue weighted by Crippen LogP contribution is -2.21. The van der Waals surface area contributed by atoms with Gasteiger partial charge < -0.3 is 10.3 Å². The molecule has 0 bridgehead atoms. The maximum absolute atomic E-state index is 6.08. The lowest BCUT2D eigenvalue weighted by molar-refractivity contribution is 0.401. The van der Waals surface area contributed by atoms with E-state index >= 15 is 0 Å². The summed E-state index contributed by atoms with van der Waals surface area (Å²) in [7, 11) is 2.07. The van der Waals surface area contributed by atoms with Crippen molar-refractivity contribution in [1.29, 1.82) is 0 Å². The average molecular weight is 221 g/mol. The SMILES string of the molecule is Cn1ccnc1CCC1CCCCC(N)C1. The maximum Gasteiger partial charge on any atom is 0.108 e. The number of nitrogens with zero attached hydrogens (tertiary/aromatic N) is 2. The fraction of sp³-hybridized carbons (Fsp3) is 0.769. The molecule has 0 aliphatic heterocycles. The molecule has 3 nitrogen and oxygen atoms in total. The van der Waals surface area contributed by atoms with Gasteiger partial charge in [-0.1, -0.05) is 19.3 Å². The highest BCUT2D eigenvalue weighted by Gasteiger charge is 2.17. The predicted molar refractivity (Wildman–Crippen MR) is 66.1 cm³/mol. The fourth-order valence-electron chi connectivity index (χ4n) is 2.74. The van der Waals surface area contributed by atoms with Crippen LogP contribution in [0, 0.1) is 5.92 Å². The summed E-state index contributed by atoms with van der Waals surface area (Å²) in [5.74, 6) is 2.02. The van der Waals surface area contributed by atoms with Crippen molar-refractivity contribution in [2.45, 2.75) is 51.0 Å². The number of hydrogen-bond acceptors (Lipinski definition) is 2. The van der Waals surface area contributed by atoms with E-state index in [4.69, 9.17) is 5.73 Å². The van der Waals surface area contributed by atoms with E-state index in [1.165, 1.54) is 44.3 Å². The van der Waals surface area contributed by atoms with Gasteiger partial charge in [0.15, 0.2) is 0 Å². The largest absolute Gasteiger partial charge is 0.338 e. The van der Waals surface area contributed by atoms with Crippen LogP contribution in [-0.4, -0.2) is 15.6 Å². The molecule has 16 heavy (non-hydrogen) atoms. The zero-order valence-electron chi connectivity index (χ0n) is 10.2. The first-order valence-corrected chi connectivity index (χ1v) is 6.47. The van der Waals surface area contributed by atoms with E-state index in [1.807, 2.05) is 12.4 Å². The van der Waals surface area contributed by atoms with Crippen molar-refractivity contribution >= 4 is 0 Å². The summed E-state index contributed by atoms with van der Waals surface area (Å²) in [5.41, 5.74) is 6.08. The Morgan fingerprint density at radius 3 is 3.00 bits per heavy atom. The summed E-state index contributed by atoms with van der Waals surface area (Å²) < 4.78 is 2.12. The molecule has 2 unspecified atom stereocenters. The Morgan fingerprint density at radius 1 is 1.44 bits per heavy atom. The molecule has 1 saturated carbocycles. The van der Waals surface area contributed by atoms with E-state index < -0.39 is 0 Å². The van der Waals surface area contributed by atoms with Crippen molar-refractivity contribution in [3.05, 3.63) is 18.2 Å². The van der Waals surface area contributed by atoms with Crippen LogP contribution in [0.5, 0.6) is 0 Å². The second kappa shape index (κ2) is 5.48. The number of imidazole rings is 1. The van der Waals surface area contributed by atoms with Crippen molar-refractivity contribution < 1.29 is 0 Å². The minimum Gasteiger partial charge on any atom is -0.338 e. The van der Waals surface area contributed by atoms with E-state index in [2.05, 4.69) is 16.6 Å². The van der Waals surface area contributed by atoms with Crippen molar-refractivity contribution in [3.8, 4) is 0 Å². The molecule has 0 aromatic carbocycles. The van der Waals surface area contributed by atoms with E-state index in [9.17, 15) is 0 Å². The molecule has 1 aromatic heterocycles. The van der Waals surface area contributed by atoms with Gasteiger partial charge in [-0.15, -0.1) is 0 Å². The van der Waals surface area contributed by atoms with Gasteiger partial charge in [-0.3, -0.25) is 0 Å². The summed E-state index contributed by atoms with van der Waals surface area (Å²) in [4.78, 5) is 4.37. The van der Waals surface area contributed by atoms with Gasteiger partial charge in [-0.2, -0.15) is 0 Å². The third-order valence-electron chi connectivity index (χ3n) is 3.77. The predicted octanol–water partition coefficient (Wildman–Crippen LogP) is 2.26. The Bertz CT molecular complexity index is 319. The zero-order valence-corrected chi connectivity index (χ0v) is 10.2. The Balaban J connectivity index is 1.82. The molecule has 2 atom stereocenters. The minimum absolute atomic E-state index is 0.439. The van der Waals surface area contributed by atoms with Crippen molar-refractivity contribution in [1.82, 2.24) is 9.55 Å². The number of aromatic nitrogens is 2. The lowest BCUT2D eigenvalue weighted by atomic mass is 9.93. The van der Waals surface area contributed by atoms with Crippen LogP contribution in [-0.2, 0) is 13.5 Å².